The number of carboxylic acid groups (broad SMARTS) is 1. The third-order valence-electron chi connectivity index (χ3n) is 2.65. The van der Waals surface area contributed by atoms with Gasteiger partial charge >= 0.3 is 5.97 Å². The van der Waals surface area contributed by atoms with E-state index in [2.05, 4.69) is 0 Å². The van der Waals surface area contributed by atoms with Crippen LogP contribution in [0.15, 0.2) is 30.5 Å². The molecular formula is C12H8ClFN2O4. The fourth-order valence-corrected chi connectivity index (χ4v) is 1.86. The van der Waals surface area contributed by atoms with Gasteiger partial charge in [0.2, 0.25) is 0 Å². The Labute approximate surface area is 117 Å². The summed E-state index contributed by atoms with van der Waals surface area (Å²) in [5.74, 6) is -1.93. The number of halogens is 2. The lowest BCUT2D eigenvalue weighted by molar-refractivity contribution is -0.384. The normalized spacial score (nSPS) is 10.5. The van der Waals surface area contributed by atoms with E-state index in [1.807, 2.05) is 0 Å². The predicted molar refractivity (Wildman–Crippen MR) is 68.6 cm³/mol. The van der Waals surface area contributed by atoms with Gasteiger partial charge in [0.05, 0.1) is 16.1 Å². The van der Waals surface area contributed by atoms with Crippen molar-refractivity contribution in [2.45, 2.75) is 6.54 Å². The van der Waals surface area contributed by atoms with Crippen LogP contribution >= 0.6 is 11.6 Å². The maximum Gasteiger partial charge on any atom is 0.352 e. The van der Waals surface area contributed by atoms with E-state index in [1.54, 1.807) is 0 Å². The number of nitrogens with zero attached hydrogens (tertiary/aromatic N) is 2. The van der Waals surface area contributed by atoms with Crippen LogP contribution in [0.5, 0.6) is 0 Å². The molecule has 0 aliphatic rings. The zero-order chi connectivity index (χ0) is 14.9. The Bertz CT molecular complexity index is 699. The number of nitro groups is 1. The quantitative estimate of drug-likeness (QED) is 0.694. The molecule has 0 bridgehead atoms. The van der Waals surface area contributed by atoms with Crippen molar-refractivity contribution >= 4 is 23.3 Å². The number of rotatable bonds is 4. The van der Waals surface area contributed by atoms with Gasteiger partial charge in [-0.2, -0.15) is 0 Å². The molecule has 0 radical (unpaired) electrons. The van der Waals surface area contributed by atoms with Crippen molar-refractivity contribution in [1.29, 1.82) is 0 Å². The smallest absolute Gasteiger partial charge is 0.352 e. The van der Waals surface area contributed by atoms with Gasteiger partial charge < -0.3 is 9.67 Å². The topological polar surface area (TPSA) is 85.4 Å². The summed E-state index contributed by atoms with van der Waals surface area (Å²) < 4.78 is 14.5. The molecule has 1 aromatic carbocycles. The minimum absolute atomic E-state index is 0.0104. The van der Waals surface area contributed by atoms with Crippen LogP contribution in [0.4, 0.5) is 10.1 Å². The molecule has 1 aromatic heterocycles. The summed E-state index contributed by atoms with van der Waals surface area (Å²) in [4.78, 5) is 21.0. The van der Waals surface area contributed by atoms with Crippen LogP contribution in [-0.2, 0) is 6.54 Å². The van der Waals surface area contributed by atoms with Crippen molar-refractivity contribution in [1.82, 2.24) is 4.57 Å². The van der Waals surface area contributed by atoms with E-state index in [4.69, 9.17) is 16.7 Å². The highest BCUT2D eigenvalue weighted by Gasteiger charge is 2.19. The molecule has 0 unspecified atom stereocenters. The van der Waals surface area contributed by atoms with Crippen LogP contribution in [0.25, 0.3) is 0 Å². The Morgan fingerprint density at radius 3 is 2.70 bits per heavy atom. The Morgan fingerprint density at radius 2 is 2.15 bits per heavy atom. The largest absolute Gasteiger partial charge is 0.477 e. The standard InChI is InChI=1S/C12H8ClFN2O4/c13-9-2-1-7(3-10(9)14)5-15-6-8(16(19)20)4-11(15)12(17)18/h1-4,6H,5H2,(H,17,18). The summed E-state index contributed by atoms with van der Waals surface area (Å²) in [6, 6.07) is 4.96. The Kier molecular flexibility index (Phi) is 3.71. The van der Waals surface area contributed by atoms with Crippen molar-refractivity contribution in [3.05, 3.63) is 62.7 Å². The van der Waals surface area contributed by atoms with Gasteiger partial charge in [0.25, 0.3) is 5.69 Å². The molecule has 0 spiro atoms. The fourth-order valence-electron chi connectivity index (χ4n) is 1.74. The molecule has 2 aromatic rings. The average Bonchev–Trinajstić information content (AvgIpc) is 2.78. The molecule has 0 fully saturated rings. The lowest BCUT2D eigenvalue weighted by Crippen LogP contribution is -2.08. The lowest BCUT2D eigenvalue weighted by atomic mass is 10.2. The highest BCUT2D eigenvalue weighted by Crippen LogP contribution is 2.20. The van der Waals surface area contributed by atoms with Crippen molar-refractivity contribution in [3.63, 3.8) is 0 Å². The second-order valence-corrected chi connectivity index (χ2v) is 4.43. The van der Waals surface area contributed by atoms with Crippen LogP contribution in [0.3, 0.4) is 0 Å². The summed E-state index contributed by atoms with van der Waals surface area (Å²) >= 11 is 5.55. The highest BCUT2D eigenvalue weighted by atomic mass is 35.5. The molecule has 104 valence electrons. The highest BCUT2D eigenvalue weighted by molar-refractivity contribution is 6.30. The van der Waals surface area contributed by atoms with Gasteiger partial charge in [-0.1, -0.05) is 17.7 Å². The molecule has 20 heavy (non-hydrogen) atoms. The van der Waals surface area contributed by atoms with E-state index in [-0.39, 0.29) is 22.9 Å². The molecule has 0 aliphatic carbocycles. The summed E-state index contributed by atoms with van der Waals surface area (Å²) in [7, 11) is 0. The van der Waals surface area contributed by atoms with E-state index < -0.39 is 16.7 Å². The maximum absolute atomic E-state index is 13.3. The van der Waals surface area contributed by atoms with E-state index in [0.717, 1.165) is 18.3 Å². The van der Waals surface area contributed by atoms with E-state index in [1.165, 1.54) is 16.7 Å². The molecule has 0 saturated heterocycles. The van der Waals surface area contributed by atoms with Gasteiger partial charge in [0, 0.05) is 12.6 Å². The first-order chi connectivity index (χ1) is 9.38. The van der Waals surface area contributed by atoms with E-state index in [0.29, 0.717) is 5.56 Å². The molecule has 6 nitrogen and oxygen atoms in total. The first-order valence-corrected chi connectivity index (χ1v) is 5.78. The molecule has 1 N–H and O–H groups in total. The molecule has 1 heterocycles. The van der Waals surface area contributed by atoms with Crippen LogP contribution in [-0.4, -0.2) is 20.6 Å². The zero-order valence-corrected chi connectivity index (χ0v) is 10.7. The van der Waals surface area contributed by atoms with Crippen molar-refractivity contribution in [3.8, 4) is 0 Å². The van der Waals surface area contributed by atoms with Crippen molar-refractivity contribution in [2.24, 2.45) is 0 Å². The van der Waals surface area contributed by atoms with Crippen LogP contribution < -0.4 is 0 Å². The molecule has 0 aliphatic heterocycles. The second-order valence-electron chi connectivity index (χ2n) is 4.02. The molecule has 0 amide bonds. The second kappa shape index (κ2) is 5.30. The van der Waals surface area contributed by atoms with Gasteiger partial charge in [0.1, 0.15) is 11.5 Å². The SMILES string of the molecule is O=C(O)c1cc([N+](=O)[O-])cn1Cc1ccc(Cl)c(F)c1. The van der Waals surface area contributed by atoms with Crippen LogP contribution in [0, 0.1) is 15.9 Å². The number of hydrogen-bond donors (Lipinski definition) is 1. The predicted octanol–water partition coefficient (Wildman–Crippen LogP) is 2.94. The number of hydrogen-bond acceptors (Lipinski definition) is 3. The third-order valence-corrected chi connectivity index (χ3v) is 2.96. The number of aromatic nitrogens is 1. The zero-order valence-electron chi connectivity index (χ0n) is 9.92. The Balaban J connectivity index is 2.39. The van der Waals surface area contributed by atoms with Crippen molar-refractivity contribution in [2.75, 3.05) is 0 Å². The van der Waals surface area contributed by atoms with Crippen molar-refractivity contribution < 1.29 is 19.2 Å². The van der Waals surface area contributed by atoms with Gasteiger partial charge in [-0.3, -0.25) is 10.1 Å². The fraction of sp³-hybridized carbons (Fsp3) is 0.0833. The summed E-state index contributed by atoms with van der Waals surface area (Å²) in [5.41, 5.74) is -0.135. The number of aromatic carboxylic acids is 1. The Morgan fingerprint density at radius 1 is 1.45 bits per heavy atom. The molecular weight excluding hydrogens is 291 g/mol. The van der Waals surface area contributed by atoms with Gasteiger partial charge in [-0.15, -0.1) is 0 Å². The van der Waals surface area contributed by atoms with E-state index in [9.17, 15) is 19.3 Å². The first-order valence-electron chi connectivity index (χ1n) is 5.40. The number of benzene rings is 1. The number of carbonyl (C=O) groups is 1. The average molecular weight is 299 g/mol. The minimum Gasteiger partial charge on any atom is -0.477 e. The third kappa shape index (κ3) is 2.77. The summed E-state index contributed by atoms with van der Waals surface area (Å²) in [6.45, 7) is -0.0104. The van der Waals surface area contributed by atoms with E-state index >= 15 is 0 Å². The lowest BCUT2D eigenvalue weighted by Gasteiger charge is -2.06. The van der Waals surface area contributed by atoms with Crippen LogP contribution in [0.2, 0.25) is 5.02 Å². The maximum atomic E-state index is 13.3. The first kappa shape index (κ1) is 14.0. The molecule has 2 rings (SSSR count). The molecule has 0 saturated carbocycles. The monoisotopic (exact) mass is 298 g/mol. The number of carboxylic acids is 1. The van der Waals surface area contributed by atoms with Gasteiger partial charge in [0.15, 0.2) is 0 Å². The summed E-state index contributed by atoms with van der Waals surface area (Å²) in [6.07, 6.45) is 1.09. The van der Waals surface area contributed by atoms with Gasteiger partial charge in [-0.25, -0.2) is 9.18 Å². The summed E-state index contributed by atoms with van der Waals surface area (Å²) in [5, 5.41) is 19.6. The molecule has 8 heteroatoms. The minimum atomic E-state index is -1.30. The van der Waals surface area contributed by atoms with Crippen LogP contribution in [0.1, 0.15) is 16.1 Å². The Hall–Kier alpha value is -2.41. The molecule has 0 atom stereocenters. The van der Waals surface area contributed by atoms with Gasteiger partial charge in [-0.05, 0) is 17.7 Å².